The predicted molar refractivity (Wildman–Crippen MR) is 113 cm³/mol. The first-order chi connectivity index (χ1) is 13.3. The summed E-state index contributed by atoms with van der Waals surface area (Å²) in [6.07, 6.45) is 9.11. The van der Waals surface area contributed by atoms with Crippen LogP contribution in [0.15, 0.2) is 40.4 Å². The molecule has 0 saturated heterocycles. The summed E-state index contributed by atoms with van der Waals surface area (Å²) in [7, 11) is -3.32. The van der Waals surface area contributed by atoms with Gasteiger partial charge in [0.2, 0.25) is 0 Å². The zero-order valence-corrected chi connectivity index (χ0v) is 17.6. The van der Waals surface area contributed by atoms with Gasteiger partial charge in [0.25, 0.3) is 0 Å². The van der Waals surface area contributed by atoms with Gasteiger partial charge in [-0.25, -0.2) is 8.42 Å². The molecular weight excluding hydrogens is 372 g/mol. The van der Waals surface area contributed by atoms with E-state index in [4.69, 9.17) is 4.99 Å². The van der Waals surface area contributed by atoms with Gasteiger partial charge in [-0.2, -0.15) is 0 Å². The molecule has 28 heavy (non-hydrogen) atoms. The van der Waals surface area contributed by atoms with Crippen molar-refractivity contribution in [1.29, 1.82) is 0 Å². The van der Waals surface area contributed by atoms with Gasteiger partial charge in [-0.15, -0.1) is 0 Å². The van der Waals surface area contributed by atoms with Gasteiger partial charge in [-0.1, -0.05) is 26.7 Å². The average molecular weight is 401 g/mol. The van der Waals surface area contributed by atoms with Gasteiger partial charge in [0.1, 0.15) is 6.29 Å². The van der Waals surface area contributed by atoms with Gasteiger partial charge >= 0.3 is 0 Å². The highest BCUT2D eigenvalue weighted by Gasteiger charge is 2.29. The Hall–Kier alpha value is -2.08. The Bertz CT molecular complexity index is 998. The summed E-state index contributed by atoms with van der Waals surface area (Å²) in [6.45, 7) is 4.26. The molecule has 1 fully saturated rings. The zero-order chi connectivity index (χ0) is 20.3. The van der Waals surface area contributed by atoms with E-state index in [-0.39, 0.29) is 16.7 Å². The third-order valence-corrected chi connectivity index (χ3v) is 7.01. The number of aliphatic imine (C=N–C) groups is 1. The highest BCUT2D eigenvalue weighted by molar-refractivity contribution is 7.90. The maximum Gasteiger partial charge on any atom is 0.175 e. The molecule has 1 aromatic heterocycles. The number of hydrogen-bond acceptors (Lipinski definition) is 5. The molecule has 0 aliphatic heterocycles. The number of pyridine rings is 1. The van der Waals surface area contributed by atoms with Crippen molar-refractivity contribution < 1.29 is 13.2 Å². The van der Waals surface area contributed by atoms with Gasteiger partial charge < -0.3 is 4.79 Å². The molecule has 0 radical (unpaired) electrons. The van der Waals surface area contributed by atoms with Gasteiger partial charge in [0.15, 0.2) is 9.84 Å². The third-order valence-electron chi connectivity index (χ3n) is 5.90. The largest absolute Gasteiger partial charge is 0.303 e. The minimum Gasteiger partial charge on any atom is -0.303 e. The van der Waals surface area contributed by atoms with Crippen LogP contribution < -0.4 is 0 Å². The lowest BCUT2D eigenvalue weighted by atomic mass is 9.76. The molecule has 1 aliphatic rings. The maximum absolute atomic E-state index is 12.0. The quantitative estimate of drug-likeness (QED) is 0.693. The Morgan fingerprint density at radius 2 is 1.96 bits per heavy atom. The maximum atomic E-state index is 12.0. The lowest BCUT2D eigenvalue weighted by Crippen LogP contribution is -2.30. The van der Waals surface area contributed by atoms with E-state index in [1.165, 1.54) is 6.26 Å². The van der Waals surface area contributed by atoms with Gasteiger partial charge in [0.05, 0.1) is 16.1 Å². The van der Waals surface area contributed by atoms with E-state index < -0.39 is 9.84 Å². The molecule has 3 rings (SSSR count). The highest BCUT2D eigenvalue weighted by atomic mass is 32.2. The second-order valence-electron chi connectivity index (χ2n) is 7.80. The highest BCUT2D eigenvalue weighted by Crippen LogP contribution is 2.34. The Morgan fingerprint density at radius 3 is 2.64 bits per heavy atom. The smallest absolute Gasteiger partial charge is 0.175 e. The molecule has 1 aromatic carbocycles. The Labute approximate surface area is 167 Å². The lowest BCUT2D eigenvalue weighted by Gasteiger charge is -2.29. The SMILES string of the molecule is CCC1CCCCC(C=O)C(C)C1=Nc1ccnc2ccc(S(C)(=O)=O)cc12. The Balaban J connectivity index is 2.17. The fourth-order valence-electron chi connectivity index (χ4n) is 4.13. The molecule has 1 saturated carbocycles. The predicted octanol–water partition coefficient (Wildman–Crippen LogP) is 4.76. The number of fused-ring (bicyclic) bond motifs is 1. The van der Waals surface area contributed by atoms with E-state index in [9.17, 15) is 13.2 Å². The van der Waals surface area contributed by atoms with E-state index in [1.54, 1.807) is 24.4 Å². The molecule has 0 N–H and O–H groups in total. The molecule has 3 atom stereocenters. The van der Waals surface area contributed by atoms with Crippen LogP contribution in [-0.4, -0.2) is 31.7 Å². The van der Waals surface area contributed by atoms with Crippen LogP contribution in [0.5, 0.6) is 0 Å². The second-order valence-corrected chi connectivity index (χ2v) is 9.81. The summed E-state index contributed by atoms with van der Waals surface area (Å²) < 4.78 is 24.0. The summed E-state index contributed by atoms with van der Waals surface area (Å²) in [4.78, 5) is 21.3. The summed E-state index contributed by atoms with van der Waals surface area (Å²) in [5, 5.41) is 0.727. The van der Waals surface area contributed by atoms with Gasteiger partial charge in [-0.3, -0.25) is 9.98 Å². The summed E-state index contributed by atoms with van der Waals surface area (Å²) in [5.74, 6) is 0.385. The topological polar surface area (TPSA) is 76.5 Å². The lowest BCUT2D eigenvalue weighted by molar-refractivity contribution is -0.112. The minimum absolute atomic E-state index is 0.0206. The number of hydrogen-bond donors (Lipinski definition) is 0. The molecule has 2 aromatic rings. The van der Waals surface area contributed by atoms with E-state index in [0.717, 1.165) is 55.2 Å². The molecule has 3 unspecified atom stereocenters. The third kappa shape index (κ3) is 4.32. The number of benzene rings is 1. The average Bonchev–Trinajstić information content (AvgIpc) is 2.67. The monoisotopic (exact) mass is 400 g/mol. The van der Waals surface area contributed by atoms with Crippen molar-refractivity contribution >= 4 is 38.4 Å². The van der Waals surface area contributed by atoms with Crippen molar-refractivity contribution in [2.45, 2.75) is 50.8 Å². The molecule has 1 aliphatic carbocycles. The van der Waals surface area contributed by atoms with Crippen LogP contribution in [0.1, 0.15) is 46.0 Å². The van der Waals surface area contributed by atoms with E-state index in [1.807, 2.05) is 6.07 Å². The van der Waals surface area contributed by atoms with Gasteiger partial charge in [0, 0.05) is 35.4 Å². The number of rotatable bonds is 4. The molecular formula is C22H28N2O3S. The van der Waals surface area contributed by atoms with E-state index in [2.05, 4.69) is 18.8 Å². The molecule has 0 bridgehead atoms. The van der Waals surface area contributed by atoms with Crippen LogP contribution in [0.25, 0.3) is 10.9 Å². The molecule has 6 heteroatoms. The van der Waals surface area contributed by atoms with Crippen LogP contribution in [-0.2, 0) is 14.6 Å². The first kappa shape index (κ1) is 20.6. The number of carbonyl (C=O) groups is 1. The second kappa shape index (κ2) is 8.52. The zero-order valence-electron chi connectivity index (χ0n) is 16.8. The first-order valence-electron chi connectivity index (χ1n) is 9.97. The fraction of sp³-hybridized carbons (Fsp3) is 0.500. The van der Waals surface area contributed by atoms with Crippen LogP contribution in [0, 0.1) is 17.8 Å². The number of nitrogens with zero attached hydrogens (tertiary/aromatic N) is 2. The molecule has 0 spiro atoms. The van der Waals surface area contributed by atoms with Crippen molar-refractivity contribution in [3.05, 3.63) is 30.5 Å². The van der Waals surface area contributed by atoms with Crippen molar-refractivity contribution in [1.82, 2.24) is 4.98 Å². The number of carbonyl (C=O) groups excluding carboxylic acids is 1. The normalized spacial score (nSPS) is 25.4. The van der Waals surface area contributed by atoms with Crippen molar-refractivity contribution in [2.24, 2.45) is 22.7 Å². The van der Waals surface area contributed by atoms with Crippen LogP contribution in [0.3, 0.4) is 0 Å². The van der Waals surface area contributed by atoms with Crippen molar-refractivity contribution in [3.63, 3.8) is 0 Å². The molecule has 1 heterocycles. The van der Waals surface area contributed by atoms with E-state index >= 15 is 0 Å². The molecule has 0 amide bonds. The van der Waals surface area contributed by atoms with Crippen LogP contribution in [0.4, 0.5) is 5.69 Å². The Kier molecular flexibility index (Phi) is 6.28. The van der Waals surface area contributed by atoms with Gasteiger partial charge in [-0.05, 0) is 49.4 Å². The molecule has 5 nitrogen and oxygen atoms in total. The number of sulfone groups is 1. The minimum atomic E-state index is -3.32. The molecule has 150 valence electrons. The summed E-state index contributed by atoms with van der Waals surface area (Å²) >= 11 is 0. The summed E-state index contributed by atoms with van der Waals surface area (Å²) in [5.41, 5.74) is 2.49. The summed E-state index contributed by atoms with van der Waals surface area (Å²) in [6, 6.07) is 6.79. The van der Waals surface area contributed by atoms with Crippen molar-refractivity contribution in [2.75, 3.05) is 6.26 Å². The number of aldehydes is 1. The standard InChI is InChI=1S/C22H28N2O3S/c1-4-16-7-5-6-8-17(14-25)15(2)22(16)24-21-11-12-23-20-10-9-18(13-19(20)21)28(3,26)27/h9-17H,4-8H2,1-3H3. The van der Waals surface area contributed by atoms with Crippen molar-refractivity contribution in [3.8, 4) is 0 Å². The van der Waals surface area contributed by atoms with Crippen LogP contribution in [0.2, 0.25) is 0 Å². The van der Waals surface area contributed by atoms with Crippen LogP contribution >= 0.6 is 0 Å². The fourth-order valence-corrected chi connectivity index (χ4v) is 4.78. The Morgan fingerprint density at radius 1 is 1.21 bits per heavy atom. The van der Waals surface area contributed by atoms with E-state index in [0.29, 0.717) is 11.4 Å². The number of aromatic nitrogens is 1. The first-order valence-corrected chi connectivity index (χ1v) is 11.9.